The molecule has 1 rings (SSSR count). The van der Waals surface area contributed by atoms with Gasteiger partial charge >= 0.3 is 6.18 Å². The quantitative estimate of drug-likeness (QED) is 0.610. The Kier molecular flexibility index (Phi) is 3.20. The monoisotopic (exact) mass is 271 g/mol. The molecule has 1 aromatic rings. The van der Waals surface area contributed by atoms with E-state index in [9.17, 15) is 18.4 Å². The number of rotatable bonds is 2. The maximum absolute atomic E-state index is 11.7. The predicted molar refractivity (Wildman–Crippen MR) is 44.7 cm³/mol. The van der Waals surface area contributed by atoms with Crippen molar-refractivity contribution >= 4 is 15.9 Å². The molecule has 0 aliphatic rings. The zero-order valence-electron chi connectivity index (χ0n) is 6.71. The summed E-state index contributed by atoms with van der Waals surface area (Å²) in [6.45, 7) is -1.38. The van der Waals surface area contributed by atoms with Crippen molar-refractivity contribution in [1.82, 2.24) is 0 Å². The largest absolute Gasteiger partial charge is 0.619 e. The van der Waals surface area contributed by atoms with Crippen LogP contribution in [0.15, 0.2) is 22.9 Å². The Labute approximate surface area is 85.8 Å². The first-order valence-corrected chi connectivity index (χ1v) is 4.25. The van der Waals surface area contributed by atoms with Crippen LogP contribution in [0.25, 0.3) is 0 Å². The van der Waals surface area contributed by atoms with Crippen molar-refractivity contribution in [2.75, 3.05) is 6.61 Å². The molecule has 0 bridgehead atoms. The molecule has 0 radical (unpaired) electrons. The van der Waals surface area contributed by atoms with Gasteiger partial charge in [-0.25, -0.2) is 0 Å². The van der Waals surface area contributed by atoms with E-state index < -0.39 is 12.8 Å². The first kappa shape index (κ1) is 11.1. The van der Waals surface area contributed by atoms with Gasteiger partial charge in [-0.2, -0.15) is 17.9 Å². The third-order valence-electron chi connectivity index (χ3n) is 1.24. The molecule has 0 amide bonds. The van der Waals surface area contributed by atoms with Crippen LogP contribution in [-0.4, -0.2) is 12.8 Å². The molecule has 0 saturated carbocycles. The molecular weight excluding hydrogens is 267 g/mol. The first-order chi connectivity index (χ1) is 6.38. The van der Waals surface area contributed by atoms with E-state index in [1.807, 2.05) is 0 Å². The van der Waals surface area contributed by atoms with Gasteiger partial charge in [0.05, 0.1) is 0 Å². The standard InChI is InChI=1S/C7H5BrF3NO2/c8-5-3-12(13)2-1-6(5)14-4-7(9,10)11/h1-3H,4H2. The van der Waals surface area contributed by atoms with Crippen molar-refractivity contribution in [2.24, 2.45) is 0 Å². The lowest BCUT2D eigenvalue weighted by Crippen LogP contribution is -2.25. The fourth-order valence-electron chi connectivity index (χ4n) is 0.716. The van der Waals surface area contributed by atoms with Crippen LogP contribution in [0.2, 0.25) is 0 Å². The Morgan fingerprint density at radius 1 is 1.50 bits per heavy atom. The second-order valence-corrected chi connectivity index (χ2v) is 3.28. The third-order valence-corrected chi connectivity index (χ3v) is 1.84. The average molecular weight is 272 g/mol. The van der Waals surface area contributed by atoms with Crippen LogP contribution in [0.1, 0.15) is 0 Å². The summed E-state index contributed by atoms with van der Waals surface area (Å²) < 4.78 is 40.3. The highest BCUT2D eigenvalue weighted by atomic mass is 79.9. The summed E-state index contributed by atoms with van der Waals surface area (Å²) in [6, 6.07) is 1.16. The maximum Gasteiger partial charge on any atom is 0.422 e. The fourth-order valence-corrected chi connectivity index (χ4v) is 1.16. The van der Waals surface area contributed by atoms with Gasteiger partial charge in [0, 0.05) is 6.07 Å². The highest BCUT2D eigenvalue weighted by Crippen LogP contribution is 2.24. The molecule has 7 heteroatoms. The molecule has 3 nitrogen and oxygen atoms in total. The van der Waals surface area contributed by atoms with Gasteiger partial charge in [0.1, 0.15) is 10.2 Å². The summed E-state index contributed by atoms with van der Waals surface area (Å²) in [5.74, 6) is -0.0191. The highest BCUT2D eigenvalue weighted by molar-refractivity contribution is 9.10. The molecule has 0 fully saturated rings. The number of hydrogen-bond acceptors (Lipinski definition) is 2. The molecule has 0 aromatic carbocycles. The van der Waals surface area contributed by atoms with Crippen LogP contribution < -0.4 is 9.47 Å². The minimum absolute atomic E-state index is 0.0191. The van der Waals surface area contributed by atoms with Crippen molar-refractivity contribution < 1.29 is 22.6 Å². The lowest BCUT2D eigenvalue weighted by atomic mass is 10.4. The fraction of sp³-hybridized carbons (Fsp3) is 0.286. The molecule has 1 aromatic heterocycles. The molecule has 0 N–H and O–H groups in total. The summed E-state index contributed by atoms with van der Waals surface area (Å²) in [5, 5.41) is 10.7. The smallest absolute Gasteiger partial charge is 0.422 e. The Bertz CT molecular complexity index is 329. The lowest BCUT2D eigenvalue weighted by Gasteiger charge is -2.09. The second-order valence-electron chi connectivity index (χ2n) is 2.42. The Morgan fingerprint density at radius 3 is 2.64 bits per heavy atom. The number of hydrogen-bond donors (Lipinski definition) is 0. The number of ether oxygens (including phenoxy) is 1. The van der Waals surface area contributed by atoms with Crippen molar-refractivity contribution in [3.63, 3.8) is 0 Å². The zero-order valence-corrected chi connectivity index (χ0v) is 8.30. The minimum Gasteiger partial charge on any atom is -0.619 e. The van der Waals surface area contributed by atoms with Gasteiger partial charge in [-0.05, 0) is 15.9 Å². The van der Waals surface area contributed by atoms with Gasteiger partial charge in [-0.15, -0.1) is 0 Å². The Morgan fingerprint density at radius 2 is 2.14 bits per heavy atom. The van der Waals surface area contributed by atoms with Gasteiger partial charge < -0.3 is 9.94 Å². The normalized spacial score (nSPS) is 11.4. The van der Waals surface area contributed by atoms with Gasteiger partial charge in [0.25, 0.3) is 0 Å². The van der Waals surface area contributed by atoms with Crippen molar-refractivity contribution in [1.29, 1.82) is 0 Å². The first-order valence-electron chi connectivity index (χ1n) is 3.46. The van der Waals surface area contributed by atoms with E-state index in [1.54, 1.807) is 0 Å². The topological polar surface area (TPSA) is 36.2 Å². The van der Waals surface area contributed by atoms with Crippen molar-refractivity contribution in [3.8, 4) is 5.75 Å². The summed E-state index contributed by atoms with van der Waals surface area (Å²) >= 11 is 2.90. The average Bonchev–Trinajstić information content (AvgIpc) is 2.00. The second kappa shape index (κ2) is 4.04. The summed E-state index contributed by atoms with van der Waals surface area (Å²) in [5.41, 5.74) is 0. The number of halogens is 4. The van der Waals surface area contributed by atoms with Gasteiger partial charge in [0.15, 0.2) is 19.0 Å². The molecule has 14 heavy (non-hydrogen) atoms. The van der Waals surface area contributed by atoms with Crippen molar-refractivity contribution in [3.05, 3.63) is 28.1 Å². The van der Waals surface area contributed by atoms with Crippen LogP contribution in [0.3, 0.4) is 0 Å². The zero-order chi connectivity index (χ0) is 10.8. The molecular formula is C7H5BrF3NO2. The van der Waals surface area contributed by atoms with E-state index in [0.29, 0.717) is 4.73 Å². The van der Waals surface area contributed by atoms with E-state index in [2.05, 4.69) is 20.7 Å². The van der Waals surface area contributed by atoms with E-state index in [-0.39, 0.29) is 10.2 Å². The van der Waals surface area contributed by atoms with Crippen LogP contribution in [0.5, 0.6) is 5.75 Å². The van der Waals surface area contributed by atoms with E-state index in [4.69, 9.17) is 0 Å². The Hall–Kier alpha value is -0.980. The van der Waals surface area contributed by atoms with Gasteiger partial charge in [0.2, 0.25) is 0 Å². The minimum atomic E-state index is -4.39. The molecule has 0 spiro atoms. The molecule has 0 saturated heterocycles. The highest BCUT2D eigenvalue weighted by Gasteiger charge is 2.28. The van der Waals surface area contributed by atoms with Crippen LogP contribution >= 0.6 is 15.9 Å². The number of alkyl halides is 3. The van der Waals surface area contributed by atoms with Gasteiger partial charge in [-0.3, -0.25) is 0 Å². The number of pyridine rings is 1. The molecule has 0 atom stereocenters. The molecule has 0 aliphatic heterocycles. The summed E-state index contributed by atoms with van der Waals surface area (Å²) in [6.07, 6.45) is -2.27. The maximum atomic E-state index is 11.7. The molecule has 0 aliphatic carbocycles. The van der Waals surface area contributed by atoms with E-state index in [1.165, 1.54) is 0 Å². The number of nitrogens with zero attached hydrogens (tertiary/aromatic N) is 1. The summed E-state index contributed by atoms with van der Waals surface area (Å²) in [4.78, 5) is 0. The third kappa shape index (κ3) is 3.41. The van der Waals surface area contributed by atoms with E-state index >= 15 is 0 Å². The lowest BCUT2D eigenvalue weighted by molar-refractivity contribution is -0.606. The molecule has 78 valence electrons. The van der Waals surface area contributed by atoms with Gasteiger partial charge in [-0.1, -0.05) is 0 Å². The molecule has 0 unspecified atom stereocenters. The van der Waals surface area contributed by atoms with Crippen LogP contribution in [0, 0.1) is 5.21 Å². The van der Waals surface area contributed by atoms with E-state index in [0.717, 1.165) is 18.5 Å². The Balaban J connectivity index is 2.68. The predicted octanol–water partition coefficient (Wildman–Crippen LogP) is 2.02. The van der Waals surface area contributed by atoms with Crippen LogP contribution in [-0.2, 0) is 0 Å². The number of aromatic nitrogens is 1. The van der Waals surface area contributed by atoms with Crippen molar-refractivity contribution in [2.45, 2.75) is 6.18 Å². The molecule has 1 heterocycles. The van der Waals surface area contributed by atoms with Crippen LogP contribution in [0.4, 0.5) is 13.2 Å². The summed E-state index contributed by atoms with van der Waals surface area (Å²) in [7, 11) is 0. The SMILES string of the molecule is [O-][n+]1ccc(OCC(F)(F)F)c(Br)c1.